The molecule has 1 fully saturated rings. The second-order valence-electron chi connectivity index (χ2n) is 7.04. The van der Waals surface area contributed by atoms with Crippen molar-refractivity contribution in [1.82, 2.24) is 0 Å². The van der Waals surface area contributed by atoms with Crippen molar-refractivity contribution in [3.63, 3.8) is 0 Å². The minimum atomic E-state index is -1.53. The molecule has 0 spiro atoms. The molecule has 1 aliphatic heterocycles. The molecule has 0 amide bonds. The number of rotatable bonds is 8. The lowest BCUT2D eigenvalue weighted by Crippen LogP contribution is -2.60. The van der Waals surface area contributed by atoms with Crippen molar-refractivity contribution < 1.29 is 40.1 Å². The molecule has 1 aliphatic rings. The van der Waals surface area contributed by atoms with E-state index in [9.17, 15) is 30.6 Å². The molecule has 142 valence electrons. The summed E-state index contributed by atoms with van der Waals surface area (Å²) in [5.41, 5.74) is -2.30. The second-order valence-corrected chi connectivity index (χ2v) is 7.04. The Labute approximate surface area is 142 Å². The minimum absolute atomic E-state index is 0.198. The summed E-state index contributed by atoms with van der Waals surface area (Å²) < 4.78 is 11.0. The Morgan fingerprint density at radius 1 is 1.17 bits per heavy atom. The molecule has 0 aromatic rings. The Morgan fingerprint density at radius 2 is 1.75 bits per heavy atom. The van der Waals surface area contributed by atoms with Gasteiger partial charge in [-0.25, -0.2) is 0 Å². The molecule has 1 unspecified atom stereocenters. The quantitative estimate of drug-likeness (QED) is 0.296. The summed E-state index contributed by atoms with van der Waals surface area (Å²) >= 11 is 0. The SMILES string of the molecule is C=CC(C)(CC[C@H](O)C(C)(C)O)O[C@@H]1O[C@H](CO)[C@@H](O)[C@H](O)[C@H]1O. The summed E-state index contributed by atoms with van der Waals surface area (Å²) in [5.74, 6) is 0. The Hall–Kier alpha value is -0.580. The summed E-state index contributed by atoms with van der Waals surface area (Å²) in [6.07, 6.45) is -5.93. The maximum absolute atomic E-state index is 10.0. The van der Waals surface area contributed by atoms with E-state index in [1.807, 2.05) is 0 Å². The number of hydrogen-bond acceptors (Lipinski definition) is 8. The van der Waals surface area contributed by atoms with Gasteiger partial charge in [0.05, 0.1) is 23.9 Å². The summed E-state index contributed by atoms with van der Waals surface area (Å²) in [5, 5.41) is 58.5. The Balaban J connectivity index is 2.76. The molecular formula is C16H30O8. The van der Waals surface area contributed by atoms with E-state index in [1.54, 1.807) is 6.92 Å². The van der Waals surface area contributed by atoms with Crippen LogP contribution in [-0.4, -0.2) is 85.3 Å². The lowest BCUT2D eigenvalue weighted by atomic mass is 9.91. The van der Waals surface area contributed by atoms with Gasteiger partial charge in [-0.15, -0.1) is 6.58 Å². The number of aliphatic hydroxyl groups excluding tert-OH is 5. The number of aliphatic hydroxyl groups is 6. The average Bonchev–Trinajstić information content (AvgIpc) is 2.52. The normalized spacial score (nSPS) is 35.3. The lowest BCUT2D eigenvalue weighted by Gasteiger charge is -2.43. The largest absolute Gasteiger partial charge is 0.394 e. The van der Waals surface area contributed by atoms with Crippen LogP contribution in [0.25, 0.3) is 0 Å². The zero-order chi connectivity index (χ0) is 18.7. The van der Waals surface area contributed by atoms with Crippen LogP contribution in [0.4, 0.5) is 0 Å². The maximum Gasteiger partial charge on any atom is 0.187 e. The fourth-order valence-corrected chi connectivity index (χ4v) is 2.42. The van der Waals surface area contributed by atoms with Gasteiger partial charge in [-0.05, 0) is 33.6 Å². The van der Waals surface area contributed by atoms with Crippen LogP contribution in [-0.2, 0) is 9.47 Å². The molecule has 1 saturated heterocycles. The van der Waals surface area contributed by atoms with Crippen molar-refractivity contribution in [2.24, 2.45) is 0 Å². The Bertz CT molecular complexity index is 407. The van der Waals surface area contributed by atoms with Crippen LogP contribution in [0.5, 0.6) is 0 Å². The first-order valence-corrected chi connectivity index (χ1v) is 7.97. The van der Waals surface area contributed by atoms with Crippen LogP contribution in [0.2, 0.25) is 0 Å². The lowest BCUT2D eigenvalue weighted by molar-refractivity contribution is -0.320. The molecule has 8 nitrogen and oxygen atoms in total. The van der Waals surface area contributed by atoms with Crippen molar-refractivity contribution in [3.05, 3.63) is 12.7 Å². The molecule has 0 aromatic heterocycles. The first-order chi connectivity index (χ1) is 10.9. The minimum Gasteiger partial charge on any atom is -0.394 e. The third kappa shape index (κ3) is 5.21. The van der Waals surface area contributed by atoms with Gasteiger partial charge >= 0.3 is 0 Å². The molecule has 0 radical (unpaired) electrons. The highest BCUT2D eigenvalue weighted by Crippen LogP contribution is 2.30. The summed E-state index contributed by atoms with van der Waals surface area (Å²) in [6.45, 7) is 7.75. The third-order valence-corrected chi connectivity index (χ3v) is 4.40. The summed E-state index contributed by atoms with van der Waals surface area (Å²) in [4.78, 5) is 0. The standard InChI is InChI=1S/C16H30O8/c1-5-16(4,7-6-10(18)15(2,3)22)24-14-13(21)12(20)11(19)9(8-17)23-14/h5,9-14,17-22H,1,6-8H2,2-4H3/t9-,10+,11-,12+,13-,14+,16?/m1/s1. The Morgan fingerprint density at radius 3 is 2.21 bits per heavy atom. The van der Waals surface area contributed by atoms with Crippen molar-refractivity contribution in [2.75, 3.05) is 6.61 Å². The van der Waals surface area contributed by atoms with Crippen molar-refractivity contribution >= 4 is 0 Å². The van der Waals surface area contributed by atoms with Crippen LogP contribution in [0.1, 0.15) is 33.6 Å². The van der Waals surface area contributed by atoms with Gasteiger partial charge in [0, 0.05) is 0 Å². The molecule has 1 rings (SSSR count). The molecular weight excluding hydrogens is 320 g/mol. The molecule has 24 heavy (non-hydrogen) atoms. The number of ether oxygens (including phenoxy) is 2. The predicted octanol–water partition coefficient (Wildman–Crippen LogP) is -1.34. The Kier molecular flexibility index (Phi) is 7.33. The van der Waals surface area contributed by atoms with E-state index < -0.39 is 54.6 Å². The van der Waals surface area contributed by atoms with Gasteiger partial charge in [-0.1, -0.05) is 6.08 Å². The van der Waals surface area contributed by atoms with Crippen molar-refractivity contribution in [3.8, 4) is 0 Å². The fourth-order valence-electron chi connectivity index (χ4n) is 2.42. The molecule has 7 atom stereocenters. The maximum atomic E-state index is 10.0. The van der Waals surface area contributed by atoms with Gasteiger partial charge in [0.15, 0.2) is 6.29 Å². The van der Waals surface area contributed by atoms with Crippen LogP contribution >= 0.6 is 0 Å². The van der Waals surface area contributed by atoms with Crippen LogP contribution in [0.3, 0.4) is 0 Å². The monoisotopic (exact) mass is 350 g/mol. The van der Waals surface area contributed by atoms with E-state index in [4.69, 9.17) is 9.47 Å². The topological polar surface area (TPSA) is 140 Å². The van der Waals surface area contributed by atoms with Gasteiger partial charge in [-0.2, -0.15) is 0 Å². The smallest absolute Gasteiger partial charge is 0.187 e. The molecule has 6 N–H and O–H groups in total. The first-order valence-electron chi connectivity index (χ1n) is 7.97. The molecule has 0 aliphatic carbocycles. The molecule has 1 heterocycles. The van der Waals surface area contributed by atoms with E-state index in [0.717, 1.165) is 0 Å². The van der Waals surface area contributed by atoms with E-state index >= 15 is 0 Å². The summed E-state index contributed by atoms with van der Waals surface area (Å²) in [6, 6.07) is 0. The third-order valence-electron chi connectivity index (χ3n) is 4.40. The average molecular weight is 350 g/mol. The number of hydrogen-bond donors (Lipinski definition) is 6. The zero-order valence-corrected chi connectivity index (χ0v) is 14.4. The molecule has 0 aromatic carbocycles. The van der Waals surface area contributed by atoms with Gasteiger partial charge < -0.3 is 40.1 Å². The van der Waals surface area contributed by atoms with Crippen molar-refractivity contribution in [1.29, 1.82) is 0 Å². The summed E-state index contributed by atoms with van der Waals surface area (Å²) in [7, 11) is 0. The van der Waals surface area contributed by atoms with Gasteiger partial charge in [0.2, 0.25) is 0 Å². The van der Waals surface area contributed by atoms with Crippen LogP contribution in [0.15, 0.2) is 12.7 Å². The molecule has 0 bridgehead atoms. The van der Waals surface area contributed by atoms with Gasteiger partial charge in [0.25, 0.3) is 0 Å². The highest BCUT2D eigenvalue weighted by atomic mass is 16.7. The zero-order valence-electron chi connectivity index (χ0n) is 14.4. The second kappa shape index (κ2) is 8.20. The van der Waals surface area contributed by atoms with Crippen molar-refractivity contribution in [2.45, 2.75) is 81.6 Å². The van der Waals surface area contributed by atoms with E-state index in [1.165, 1.54) is 19.9 Å². The van der Waals surface area contributed by atoms with Crippen LogP contribution < -0.4 is 0 Å². The fraction of sp³-hybridized carbons (Fsp3) is 0.875. The van der Waals surface area contributed by atoms with E-state index in [-0.39, 0.29) is 12.8 Å². The van der Waals surface area contributed by atoms with Gasteiger partial charge in [0.1, 0.15) is 24.4 Å². The predicted molar refractivity (Wildman–Crippen MR) is 85.0 cm³/mol. The highest BCUT2D eigenvalue weighted by molar-refractivity contribution is 4.97. The first kappa shape index (κ1) is 21.5. The van der Waals surface area contributed by atoms with E-state index in [0.29, 0.717) is 0 Å². The molecule has 8 heteroatoms. The van der Waals surface area contributed by atoms with E-state index in [2.05, 4.69) is 6.58 Å². The molecule has 0 saturated carbocycles. The van der Waals surface area contributed by atoms with Crippen LogP contribution in [0, 0.1) is 0 Å². The highest BCUT2D eigenvalue weighted by Gasteiger charge is 2.46. The van der Waals surface area contributed by atoms with Gasteiger partial charge in [-0.3, -0.25) is 0 Å².